The van der Waals surface area contributed by atoms with Crippen LogP contribution in [0.4, 0.5) is 0 Å². The van der Waals surface area contributed by atoms with Crippen LogP contribution < -0.4 is 11.2 Å². The normalized spacial score (nSPS) is 12.9. The molecule has 3 aromatic carbocycles. The number of nitrogens with two attached hydrogens (primary N) is 1. The lowest BCUT2D eigenvalue weighted by Crippen LogP contribution is -2.38. The van der Waals surface area contributed by atoms with E-state index in [1.54, 1.807) is 16.4 Å². The number of H-pyrrole nitrogens is 1. The molecular weight excluding hydrogens is 394 g/mol. The highest BCUT2D eigenvalue weighted by Gasteiger charge is 2.26. The van der Waals surface area contributed by atoms with E-state index in [1.807, 2.05) is 72.8 Å². The Morgan fingerprint density at radius 1 is 1.07 bits per heavy atom. The number of hydrazone groups is 1. The van der Waals surface area contributed by atoms with Crippen molar-refractivity contribution >= 4 is 34.5 Å². The van der Waals surface area contributed by atoms with Crippen LogP contribution in [0.3, 0.4) is 0 Å². The lowest BCUT2D eigenvalue weighted by molar-refractivity contribution is -0.584. The molecule has 4 aromatic rings. The molecule has 0 saturated carbocycles. The molecule has 0 saturated heterocycles. The van der Waals surface area contributed by atoms with E-state index in [2.05, 4.69) is 15.4 Å². The van der Waals surface area contributed by atoms with Crippen LogP contribution in [-0.4, -0.2) is 26.4 Å². The first kappa shape index (κ1) is 18.4. The predicted molar refractivity (Wildman–Crippen MR) is 118 cm³/mol. The molecule has 1 amide bonds. The highest BCUT2D eigenvalue weighted by atomic mass is 32.2. The first-order valence-corrected chi connectivity index (χ1v) is 10.6. The predicted octanol–water partition coefficient (Wildman–Crippen LogP) is 3.43. The smallest absolute Gasteiger partial charge is 0.299 e. The van der Waals surface area contributed by atoms with Gasteiger partial charge >= 0.3 is 0 Å². The summed E-state index contributed by atoms with van der Waals surface area (Å²) in [7, 11) is 0. The second-order valence-electron chi connectivity index (χ2n) is 7.11. The Labute approximate surface area is 177 Å². The number of amides is 1. The zero-order valence-electron chi connectivity index (χ0n) is 16.1. The van der Waals surface area contributed by atoms with Crippen LogP contribution in [0, 0.1) is 0 Å². The van der Waals surface area contributed by atoms with Crippen molar-refractivity contribution in [2.24, 2.45) is 5.73 Å². The molecule has 30 heavy (non-hydrogen) atoms. The average molecular weight is 415 g/mol. The van der Waals surface area contributed by atoms with Gasteiger partial charge in [0.05, 0.1) is 16.6 Å². The number of nitrogens with zero attached hydrogens (tertiary/aromatic N) is 2. The minimum Gasteiger partial charge on any atom is -0.333 e. The summed E-state index contributed by atoms with van der Waals surface area (Å²) >= 11 is 1.64. The van der Waals surface area contributed by atoms with E-state index >= 15 is 0 Å². The molecule has 1 aliphatic rings. The quantitative estimate of drug-likeness (QED) is 0.345. The highest BCUT2D eigenvalue weighted by molar-refractivity contribution is 7.98. The van der Waals surface area contributed by atoms with Crippen LogP contribution in [0.5, 0.6) is 0 Å². The molecule has 5 rings (SSSR count). The Kier molecular flexibility index (Phi) is 4.72. The Morgan fingerprint density at radius 3 is 2.63 bits per heavy atom. The summed E-state index contributed by atoms with van der Waals surface area (Å²) in [5, 5.41) is 0.887. The van der Waals surface area contributed by atoms with E-state index in [0.29, 0.717) is 17.9 Å². The van der Waals surface area contributed by atoms with Crippen molar-refractivity contribution in [3.05, 3.63) is 95.1 Å². The first-order chi connectivity index (χ1) is 14.7. The van der Waals surface area contributed by atoms with Gasteiger partial charge in [0.1, 0.15) is 6.54 Å². The number of imidazole rings is 1. The molecule has 1 aromatic heterocycles. The maximum atomic E-state index is 12.6. The third kappa shape index (κ3) is 3.55. The van der Waals surface area contributed by atoms with Gasteiger partial charge in [0.25, 0.3) is 11.7 Å². The number of rotatable bonds is 5. The maximum absolute atomic E-state index is 12.6. The maximum Gasteiger partial charge on any atom is 0.299 e. The topological polar surface area (TPSA) is 86.8 Å². The van der Waals surface area contributed by atoms with Gasteiger partial charge in [-0.2, -0.15) is 10.1 Å². The molecule has 1 aliphatic heterocycles. The van der Waals surface area contributed by atoms with Crippen molar-refractivity contribution < 1.29 is 9.48 Å². The van der Waals surface area contributed by atoms with Crippen LogP contribution in [0.2, 0.25) is 0 Å². The fourth-order valence-electron chi connectivity index (χ4n) is 3.50. The molecule has 0 unspecified atom stereocenters. The fourth-order valence-corrected chi connectivity index (χ4v) is 4.34. The summed E-state index contributed by atoms with van der Waals surface area (Å²) in [5.74, 6) is 1.16. The van der Waals surface area contributed by atoms with Gasteiger partial charge in [0.2, 0.25) is 0 Å². The van der Waals surface area contributed by atoms with Crippen LogP contribution in [0.15, 0.2) is 78.0 Å². The largest absolute Gasteiger partial charge is 0.333 e. The van der Waals surface area contributed by atoms with Crippen molar-refractivity contribution in [2.45, 2.75) is 17.5 Å². The van der Waals surface area contributed by atoms with Crippen LogP contribution in [0.1, 0.15) is 27.0 Å². The molecule has 7 heteroatoms. The number of hydrogen-bond donors (Lipinski definition) is 3. The van der Waals surface area contributed by atoms with Crippen molar-refractivity contribution in [3.63, 3.8) is 0 Å². The third-order valence-electron chi connectivity index (χ3n) is 5.11. The van der Waals surface area contributed by atoms with Gasteiger partial charge in [0.15, 0.2) is 5.16 Å². The van der Waals surface area contributed by atoms with Gasteiger partial charge in [-0.25, -0.2) is 4.98 Å². The summed E-state index contributed by atoms with van der Waals surface area (Å²) in [4.78, 5) is 20.5. The third-order valence-corrected chi connectivity index (χ3v) is 6.05. The Bertz CT molecular complexity index is 1240. The van der Waals surface area contributed by atoms with Crippen LogP contribution in [0.25, 0.3) is 11.0 Å². The number of hydrazine groups is 1. The highest BCUT2D eigenvalue weighted by Crippen LogP contribution is 2.23. The lowest BCUT2D eigenvalue weighted by atomic mass is 10.1. The Morgan fingerprint density at radius 2 is 1.83 bits per heavy atom. The van der Waals surface area contributed by atoms with E-state index in [0.717, 1.165) is 38.6 Å². The van der Waals surface area contributed by atoms with Crippen molar-refractivity contribution in [1.29, 1.82) is 0 Å². The molecule has 0 bridgehead atoms. The summed E-state index contributed by atoms with van der Waals surface area (Å²) in [6.07, 6.45) is 0. The number of thioether (sulfide) groups is 1. The SMILES string of the molecule is NC1=[N+](NC(=O)c2ccc(CSc3nc4ccccc4[nH]3)cc2)Cc2ccccc21. The van der Waals surface area contributed by atoms with Crippen LogP contribution >= 0.6 is 11.8 Å². The number of aromatic amines is 1. The molecule has 6 nitrogen and oxygen atoms in total. The average Bonchev–Trinajstić information content (AvgIpc) is 3.33. The van der Waals surface area contributed by atoms with Gasteiger partial charge in [-0.3, -0.25) is 10.5 Å². The van der Waals surface area contributed by atoms with Crippen molar-refractivity contribution in [1.82, 2.24) is 15.4 Å². The van der Waals surface area contributed by atoms with Crippen molar-refractivity contribution in [3.8, 4) is 0 Å². The van der Waals surface area contributed by atoms with Crippen LogP contribution in [-0.2, 0) is 12.3 Å². The fraction of sp³-hybridized carbons (Fsp3) is 0.0870. The van der Waals surface area contributed by atoms with Gasteiger partial charge in [-0.05, 0) is 35.9 Å². The zero-order chi connectivity index (χ0) is 20.5. The number of carbonyl (C=O) groups excluding carboxylic acids is 1. The molecule has 4 N–H and O–H groups in total. The number of nitrogens with one attached hydrogen (secondary N) is 2. The molecule has 2 heterocycles. The number of fused-ring (bicyclic) bond motifs is 2. The molecular formula is C23H20N5OS+. The molecule has 0 atom stereocenters. The van der Waals surface area contributed by atoms with E-state index in [9.17, 15) is 4.79 Å². The van der Waals surface area contributed by atoms with Gasteiger partial charge in [-0.15, -0.1) is 0 Å². The van der Waals surface area contributed by atoms with Gasteiger partial charge in [-0.1, -0.05) is 54.2 Å². The summed E-state index contributed by atoms with van der Waals surface area (Å²) in [5.41, 5.74) is 14.9. The summed E-state index contributed by atoms with van der Waals surface area (Å²) in [6, 6.07) is 23.5. The lowest BCUT2D eigenvalue weighted by Gasteiger charge is -2.06. The van der Waals surface area contributed by atoms with E-state index < -0.39 is 0 Å². The van der Waals surface area contributed by atoms with Gasteiger partial charge in [0, 0.05) is 16.9 Å². The molecule has 148 valence electrons. The Hall–Kier alpha value is -3.58. The number of aromatic nitrogens is 2. The van der Waals surface area contributed by atoms with E-state index in [1.165, 1.54) is 0 Å². The minimum absolute atomic E-state index is 0.178. The second kappa shape index (κ2) is 7.68. The number of hydrogen-bond acceptors (Lipinski definition) is 4. The van der Waals surface area contributed by atoms with E-state index in [-0.39, 0.29) is 5.91 Å². The molecule has 0 spiro atoms. The minimum atomic E-state index is -0.178. The monoisotopic (exact) mass is 414 g/mol. The van der Waals surface area contributed by atoms with Crippen molar-refractivity contribution in [2.75, 3.05) is 0 Å². The summed E-state index contributed by atoms with van der Waals surface area (Å²) in [6.45, 7) is 0.569. The first-order valence-electron chi connectivity index (χ1n) is 9.63. The van der Waals surface area contributed by atoms with E-state index in [4.69, 9.17) is 5.73 Å². The summed E-state index contributed by atoms with van der Waals surface area (Å²) < 4.78 is 1.69. The second-order valence-corrected chi connectivity index (χ2v) is 8.08. The molecule has 0 aliphatic carbocycles. The standard InChI is InChI=1S/C23H19N5OS/c24-21-18-6-2-1-5-17(18)13-28(21)27-22(29)16-11-9-15(10-12-16)14-30-23-25-19-7-3-4-8-20(19)26-23/h1-12,24H,13-14H2,(H2,25,26,27,29)/p+1. The molecule has 0 radical (unpaired) electrons. The number of para-hydroxylation sites is 2. The van der Waals surface area contributed by atoms with Gasteiger partial charge < -0.3 is 4.98 Å². The number of benzene rings is 3. The molecule has 0 fully saturated rings. The number of carbonyl (C=O) groups is 1. The zero-order valence-corrected chi connectivity index (χ0v) is 16.9. The Balaban J connectivity index is 1.23. The number of amidine groups is 1.